The smallest absolute Gasteiger partial charge is 0.103 e. The van der Waals surface area contributed by atoms with Gasteiger partial charge in [-0.1, -0.05) is 0 Å². The summed E-state index contributed by atoms with van der Waals surface area (Å²) in [6.45, 7) is 2.91. The zero-order chi connectivity index (χ0) is 8.27. The van der Waals surface area contributed by atoms with Crippen molar-refractivity contribution in [3.63, 3.8) is 0 Å². The fraction of sp³-hybridized carbons (Fsp3) is 0.571. The van der Waals surface area contributed by atoms with Crippen LogP contribution >= 0.6 is 0 Å². The number of rotatable bonds is 3. The predicted molar refractivity (Wildman–Crippen MR) is 41.9 cm³/mol. The molecule has 0 fully saturated rings. The van der Waals surface area contributed by atoms with Gasteiger partial charge in [-0.15, -0.1) is 0 Å². The third-order valence-electron chi connectivity index (χ3n) is 1.46. The number of H-pyrrole nitrogens is 1. The van der Waals surface area contributed by atoms with Gasteiger partial charge in [-0.3, -0.25) is 0 Å². The van der Waals surface area contributed by atoms with Crippen molar-refractivity contribution in [2.24, 2.45) is 5.73 Å². The van der Waals surface area contributed by atoms with E-state index in [1.165, 1.54) is 0 Å². The lowest BCUT2D eigenvalue weighted by Crippen LogP contribution is -2.01. The number of hydrogen-bond donors (Lipinski definition) is 2. The molecule has 0 bridgehead atoms. The summed E-state index contributed by atoms with van der Waals surface area (Å²) in [5.74, 6) is 0.887. The highest BCUT2D eigenvalue weighted by Crippen LogP contribution is 2.05. The maximum atomic E-state index is 5.46. The van der Waals surface area contributed by atoms with Crippen LogP contribution in [0, 0.1) is 6.92 Å². The van der Waals surface area contributed by atoms with E-state index in [0.29, 0.717) is 13.2 Å². The standard InChI is InChI=1S/C7H13N3O/c1-5-9-6(3-8)7(10-5)4-11-2/h3-4,8H2,1-2H3,(H,9,10). The van der Waals surface area contributed by atoms with Crippen LogP contribution in [-0.4, -0.2) is 17.1 Å². The van der Waals surface area contributed by atoms with Crippen LogP contribution in [0.25, 0.3) is 0 Å². The van der Waals surface area contributed by atoms with E-state index in [2.05, 4.69) is 9.97 Å². The molecule has 0 aliphatic heterocycles. The Hall–Kier alpha value is -0.870. The summed E-state index contributed by atoms with van der Waals surface area (Å²) in [5.41, 5.74) is 7.33. The van der Waals surface area contributed by atoms with Gasteiger partial charge in [0.15, 0.2) is 0 Å². The van der Waals surface area contributed by atoms with Gasteiger partial charge in [-0.25, -0.2) is 4.98 Å². The van der Waals surface area contributed by atoms with Gasteiger partial charge in [0.25, 0.3) is 0 Å². The molecule has 62 valence electrons. The van der Waals surface area contributed by atoms with Gasteiger partial charge in [-0.2, -0.15) is 0 Å². The molecule has 1 heterocycles. The van der Waals surface area contributed by atoms with Crippen molar-refractivity contribution in [1.82, 2.24) is 9.97 Å². The largest absolute Gasteiger partial charge is 0.378 e. The Morgan fingerprint density at radius 3 is 2.91 bits per heavy atom. The fourth-order valence-corrected chi connectivity index (χ4v) is 1.02. The normalized spacial score (nSPS) is 10.5. The number of aromatic amines is 1. The number of hydrogen-bond acceptors (Lipinski definition) is 3. The summed E-state index contributed by atoms with van der Waals surface area (Å²) >= 11 is 0. The van der Waals surface area contributed by atoms with Crippen LogP contribution in [0.15, 0.2) is 0 Å². The minimum atomic E-state index is 0.461. The lowest BCUT2D eigenvalue weighted by atomic mass is 10.3. The SMILES string of the molecule is COCc1[nH]c(C)nc1CN. The Balaban J connectivity index is 2.83. The van der Waals surface area contributed by atoms with Gasteiger partial charge in [-0.05, 0) is 6.92 Å². The molecule has 0 aliphatic carbocycles. The summed E-state index contributed by atoms with van der Waals surface area (Å²) in [5, 5.41) is 0. The first kappa shape index (κ1) is 8.23. The van der Waals surface area contributed by atoms with E-state index in [0.717, 1.165) is 17.2 Å². The van der Waals surface area contributed by atoms with E-state index in [1.54, 1.807) is 7.11 Å². The summed E-state index contributed by atoms with van der Waals surface area (Å²) in [4.78, 5) is 7.27. The van der Waals surface area contributed by atoms with Crippen molar-refractivity contribution in [1.29, 1.82) is 0 Å². The highest BCUT2D eigenvalue weighted by atomic mass is 16.5. The highest BCUT2D eigenvalue weighted by molar-refractivity contribution is 5.12. The molecule has 0 aromatic carbocycles. The summed E-state index contributed by atoms with van der Waals surface area (Å²) in [6.07, 6.45) is 0. The Bertz CT molecular complexity index is 232. The van der Waals surface area contributed by atoms with Crippen molar-refractivity contribution < 1.29 is 4.74 Å². The van der Waals surface area contributed by atoms with Crippen LogP contribution in [0.3, 0.4) is 0 Å². The first-order chi connectivity index (χ1) is 5.27. The summed E-state index contributed by atoms with van der Waals surface area (Å²) < 4.78 is 4.96. The predicted octanol–water partition coefficient (Wildman–Crippen LogP) is 0.323. The van der Waals surface area contributed by atoms with E-state index < -0.39 is 0 Å². The minimum Gasteiger partial charge on any atom is -0.378 e. The summed E-state index contributed by atoms with van der Waals surface area (Å²) in [6, 6.07) is 0. The lowest BCUT2D eigenvalue weighted by molar-refractivity contribution is 0.181. The topological polar surface area (TPSA) is 63.9 Å². The zero-order valence-corrected chi connectivity index (χ0v) is 6.85. The quantitative estimate of drug-likeness (QED) is 0.660. The molecule has 0 atom stereocenters. The monoisotopic (exact) mass is 155 g/mol. The second kappa shape index (κ2) is 3.50. The number of nitrogens with two attached hydrogens (primary N) is 1. The molecule has 0 aliphatic rings. The van der Waals surface area contributed by atoms with Gasteiger partial charge in [0.2, 0.25) is 0 Å². The maximum Gasteiger partial charge on any atom is 0.103 e. The Kier molecular flexibility index (Phi) is 2.62. The van der Waals surface area contributed by atoms with Crippen molar-refractivity contribution in [2.45, 2.75) is 20.1 Å². The summed E-state index contributed by atoms with van der Waals surface area (Å²) in [7, 11) is 1.65. The fourth-order valence-electron chi connectivity index (χ4n) is 1.02. The Morgan fingerprint density at radius 1 is 1.64 bits per heavy atom. The number of nitrogens with one attached hydrogen (secondary N) is 1. The van der Waals surface area contributed by atoms with Crippen LogP contribution in [0.5, 0.6) is 0 Å². The number of aryl methyl sites for hydroxylation is 1. The molecule has 0 saturated carbocycles. The molecule has 1 rings (SSSR count). The van der Waals surface area contributed by atoms with Crippen molar-refractivity contribution >= 4 is 0 Å². The van der Waals surface area contributed by atoms with Crippen molar-refractivity contribution in [2.75, 3.05) is 7.11 Å². The highest BCUT2D eigenvalue weighted by Gasteiger charge is 2.04. The Morgan fingerprint density at radius 2 is 2.36 bits per heavy atom. The van der Waals surface area contributed by atoms with E-state index in [9.17, 15) is 0 Å². The van der Waals surface area contributed by atoms with Crippen LogP contribution in [0.4, 0.5) is 0 Å². The van der Waals surface area contributed by atoms with Gasteiger partial charge in [0.1, 0.15) is 5.82 Å². The molecule has 0 spiro atoms. The second-order valence-corrected chi connectivity index (χ2v) is 2.38. The lowest BCUT2D eigenvalue weighted by Gasteiger charge is -1.96. The van der Waals surface area contributed by atoms with Gasteiger partial charge in [0.05, 0.1) is 18.0 Å². The Labute approximate surface area is 65.8 Å². The number of ether oxygens (including phenoxy) is 1. The number of imidazole rings is 1. The van der Waals surface area contributed by atoms with Crippen molar-refractivity contribution in [3.05, 3.63) is 17.2 Å². The van der Waals surface area contributed by atoms with Crippen LogP contribution < -0.4 is 5.73 Å². The van der Waals surface area contributed by atoms with Gasteiger partial charge in [0, 0.05) is 13.7 Å². The van der Waals surface area contributed by atoms with Crippen LogP contribution in [0.2, 0.25) is 0 Å². The van der Waals surface area contributed by atoms with Crippen molar-refractivity contribution in [3.8, 4) is 0 Å². The van der Waals surface area contributed by atoms with Crippen LogP contribution in [-0.2, 0) is 17.9 Å². The third-order valence-corrected chi connectivity index (χ3v) is 1.46. The molecule has 11 heavy (non-hydrogen) atoms. The number of nitrogens with zero attached hydrogens (tertiary/aromatic N) is 1. The molecule has 0 unspecified atom stereocenters. The first-order valence-corrected chi connectivity index (χ1v) is 3.51. The van der Waals surface area contributed by atoms with E-state index in [4.69, 9.17) is 10.5 Å². The van der Waals surface area contributed by atoms with E-state index in [-0.39, 0.29) is 0 Å². The molecule has 0 radical (unpaired) electrons. The van der Waals surface area contributed by atoms with Gasteiger partial charge >= 0.3 is 0 Å². The molecule has 4 heteroatoms. The molecule has 1 aromatic heterocycles. The molecule has 0 saturated heterocycles. The molecule has 0 amide bonds. The average molecular weight is 155 g/mol. The maximum absolute atomic E-state index is 5.46. The molecule has 1 aromatic rings. The average Bonchev–Trinajstić information content (AvgIpc) is 2.32. The number of aromatic nitrogens is 2. The molecular formula is C7H13N3O. The molecule has 3 N–H and O–H groups in total. The second-order valence-electron chi connectivity index (χ2n) is 2.38. The van der Waals surface area contributed by atoms with E-state index >= 15 is 0 Å². The van der Waals surface area contributed by atoms with Gasteiger partial charge < -0.3 is 15.5 Å². The van der Waals surface area contributed by atoms with E-state index in [1.807, 2.05) is 6.92 Å². The molecular weight excluding hydrogens is 142 g/mol. The molecule has 4 nitrogen and oxygen atoms in total. The minimum absolute atomic E-state index is 0.461. The van der Waals surface area contributed by atoms with Crippen LogP contribution in [0.1, 0.15) is 17.2 Å². The first-order valence-electron chi connectivity index (χ1n) is 3.51. The number of methoxy groups -OCH3 is 1. The zero-order valence-electron chi connectivity index (χ0n) is 6.85. The third kappa shape index (κ3) is 1.78.